The lowest BCUT2D eigenvalue weighted by Crippen LogP contribution is -2.40. The Hall–Kier alpha value is -1.85. The zero-order valence-electron chi connectivity index (χ0n) is 16.2. The highest BCUT2D eigenvalue weighted by molar-refractivity contribution is 6.30. The van der Waals surface area contributed by atoms with E-state index in [2.05, 4.69) is 37.5 Å². The average molecular weight is 390 g/mol. The van der Waals surface area contributed by atoms with Crippen LogP contribution in [0.15, 0.2) is 41.3 Å². The van der Waals surface area contributed by atoms with E-state index in [9.17, 15) is 4.79 Å². The molecule has 5 nitrogen and oxygen atoms in total. The lowest BCUT2D eigenvalue weighted by molar-refractivity contribution is -0.913. The number of hydrogen-bond acceptors (Lipinski definition) is 3. The standard InChI is InChI=1S/C21H29ClN4O/c1-3-20(15-5-9-17(22)10-6-15)26(4-2)14-19(13-24-26)25-18-11-7-16(8-12-18)21(23)27/h5-6,9-10,13-14,16,18,20,25H,3-4,7-8,11-12H2,1-2H3,(H-,23,27)/p+1. The average Bonchev–Trinajstić information content (AvgIpc) is 3.08. The van der Waals surface area contributed by atoms with Crippen LogP contribution in [-0.2, 0) is 4.79 Å². The highest BCUT2D eigenvalue weighted by atomic mass is 35.5. The molecule has 146 valence electrons. The van der Waals surface area contributed by atoms with Crippen molar-refractivity contribution in [3.8, 4) is 0 Å². The smallest absolute Gasteiger partial charge is 0.220 e. The number of nitrogens with two attached hydrogens (primary N) is 1. The number of hydrogen-bond donors (Lipinski definition) is 2. The van der Waals surface area contributed by atoms with Crippen molar-refractivity contribution in [1.29, 1.82) is 0 Å². The van der Waals surface area contributed by atoms with Crippen LogP contribution in [0.5, 0.6) is 0 Å². The Morgan fingerprint density at radius 1 is 1.26 bits per heavy atom. The molecule has 0 radical (unpaired) electrons. The maximum absolute atomic E-state index is 11.4. The monoisotopic (exact) mass is 389 g/mol. The third-order valence-electron chi connectivity index (χ3n) is 5.96. The van der Waals surface area contributed by atoms with E-state index in [1.54, 1.807) is 0 Å². The van der Waals surface area contributed by atoms with Gasteiger partial charge in [-0.05, 0) is 44.7 Å². The molecule has 3 rings (SSSR count). The van der Waals surface area contributed by atoms with Gasteiger partial charge in [0.25, 0.3) is 0 Å². The van der Waals surface area contributed by atoms with Gasteiger partial charge in [-0.3, -0.25) is 4.79 Å². The number of nitrogens with zero attached hydrogens (tertiary/aromatic N) is 2. The highest BCUT2D eigenvalue weighted by Gasteiger charge is 2.38. The molecule has 0 aromatic heterocycles. The van der Waals surface area contributed by atoms with E-state index in [1.165, 1.54) is 5.56 Å². The molecule has 2 unspecified atom stereocenters. The molecule has 1 aromatic rings. The summed E-state index contributed by atoms with van der Waals surface area (Å²) < 4.78 is 0.567. The molecular formula is C21H30ClN4O+. The van der Waals surface area contributed by atoms with Crippen LogP contribution in [0, 0.1) is 5.92 Å². The maximum atomic E-state index is 11.4. The summed E-state index contributed by atoms with van der Waals surface area (Å²) >= 11 is 6.06. The molecule has 1 saturated carbocycles. The Balaban J connectivity index is 1.72. The molecule has 2 aliphatic rings. The van der Waals surface area contributed by atoms with Crippen LogP contribution in [0.4, 0.5) is 0 Å². The number of rotatable bonds is 7. The van der Waals surface area contributed by atoms with E-state index in [-0.39, 0.29) is 17.9 Å². The van der Waals surface area contributed by atoms with Crippen molar-refractivity contribution < 1.29 is 9.39 Å². The Labute approximate surface area is 166 Å². The number of carbonyl (C=O) groups excluding carboxylic acids is 1. The van der Waals surface area contributed by atoms with Crippen LogP contribution >= 0.6 is 11.6 Å². The van der Waals surface area contributed by atoms with Crippen LogP contribution in [0.25, 0.3) is 0 Å². The molecule has 1 aliphatic carbocycles. The van der Waals surface area contributed by atoms with Gasteiger partial charge in [-0.2, -0.15) is 4.59 Å². The Kier molecular flexibility index (Phi) is 6.22. The fourth-order valence-electron chi connectivity index (χ4n) is 4.37. The molecule has 1 heterocycles. The highest BCUT2D eigenvalue weighted by Crippen LogP contribution is 2.36. The van der Waals surface area contributed by atoms with Crippen molar-refractivity contribution >= 4 is 23.7 Å². The summed E-state index contributed by atoms with van der Waals surface area (Å²) in [5.74, 6) is -0.125. The van der Waals surface area contributed by atoms with Crippen molar-refractivity contribution in [3.05, 3.63) is 46.7 Å². The Bertz CT molecular complexity index is 722. The number of carbonyl (C=O) groups is 1. The molecular weight excluding hydrogens is 360 g/mol. The van der Waals surface area contributed by atoms with E-state index in [0.717, 1.165) is 49.4 Å². The van der Waals surface area contributed by atoms with Gasteiger partial charge < -0.3 is 11.1 Å². The molecule has 1 aliphatic heterocycles. The third-order valence-corrected chi connectivity index (χ3v) is 6.21. The first kappa shape index (κ1) is 19.9. The first-order valence-electron chi connectivity index (χ1n) is 9.94. The SMILES string of the molecule is CCC(c1ccc(Cl)cc1)[N+]1(CC)C=C(NC2CCC(C(N)=O)CC2)C=N1. The molecule has 0 saturated heterocycles. The van der Waals surface area contributed by atoms with Crippen LogP contribution in [0.3, 0.4) is 0 Å². The van der Waals surface area contributed by atoms with Crippen LogP contribution < -0.4 is 11.1 Å². The summed E-state index contributed by atoms with van der Waals surface area (Å²) in [6, 6.07) is 8.74. The van der Waals surface area contributed by atoms with Gasteiger partial charge in [0.15, 0.2) is 0 Å². The first-order chi connectivity index (χ1) is 13.0. The molecule has 6 heteroatoms. The van der Waals surface area contributed by atoms with Gasteiger partial charge in [0, 0.05) is 29.0 Å². The van der Waals surface area contributed by atoms with Crippen molar-refractivity contribution in [1.82, 2.24) is 5.32 Å². The van der Waals surface area contributed by atoms with Crippen molar-refractivity contribution in [2.75, 3.05) is 6.54 Å². The number of halogens is 1. The van der Waals surface area contributed by atoms with E-state index in [0.29, 0.717) is 10.6 Å². The molecule has 0 bridgehead atoms. The van der Waals surface area contributed by atoms with Gasteiger partial charge in [-0.25, -0.2) is 0 Å². The molecule has 3 N–H and O–H groups in total. The zero-order valence-corrected chi connectivity index (χ0v) is 17.0. The summed E-state index contributed by atoms with van der Waals surface area (Å²) in [5, 5.41) is 9.28. The summed E-state index contributed by atoms with van der Waals surface area (Å²) in [7, 11) is 0. The van der Waals surface area contributed by atoms with E-state index in [4.69, 9.17) is 22.4 Å². The third kappa shape index (κ3) is 4.36. The van der Waals surface area contributed by atoms with Gasteiger partial charge >= 0.3 is 0 Å². The second kappa shape index (κ2) is 8.44. The Morgan fingerprint density at radius 2 is 1.93 bits per heavy atom. The molecule has 27 heavy (non-hydrogen) atoms. The fraction of sp³-hybridized carbons (Fsp3) is 0.524. The minimum Gasteiger partial charge on any atom is -0.377 e. The molecule has 1 fully saturated rings. The molecule has 2 atom stereocenters. The predicted octanol–water partition coefficient (Wildman–Crippen LogP) is 4.10. The number of benzene rings is 1. The lowest BCUT2D eigenvalue weighted by Gasteiger charge is -2.33. The van der Waals surface area contributed by atoms with Crippen LogP contribution in [0.1, 0.15) is 57.6 Å². The lowest BCUT2D eigenvalue weighted by atomic mass is 9.85. The van der Waals surface area contributed by atoms with Crippen molar-refractivity contribution in [2.45, 2.75) is 58.0 Å². The second-order valence-electron chi connectivity index (χ2n) is 7.60. The molecule has 0 spiro atoms. The minimum atomic E-state index is -0.162. The van der Waals surface area contributed by atoms with Crippen molar-refractivity contribution in [2.24, 2.45) is 16.8 Å². The van der Waals surface area contributed by atoms with Gasteiger partial charge in [0.1, 0.15) is 30.7 Å². The zero-order chi connectivity index (χ0) is 19.4. The molecule has 1 aromatic carbocycles. The topological polar surface area (TPSA) is 67.5 Å². The van der Waals surface area contributed by atoms with E-state index >= 15 is 0 Å². The van der Waals surface area contributed by atoms with Gasteiger partial charge in [0.05, 0.1) is 0 Å². The van der Waals surface area contributed by atoms with Crippen LogP contribution in [0.2, 0.25) is 5.02 Å². The summed E-state index contributed by atoms with van der Waals surface area (Å²) in [5.41, 5.74) is 7.77. The number of allylic oxidation sites excluding steroid dienone is 1. The number of quaternary nitrogens is 1. The van der Waals surface area contributed by atoms with Gasteiger partial charge in [-0.15, -0.1) is 0 Å². The summed E-state index contributed by atoms with van der Waals surface area (Å²) in [4.78, 5) is 11.4. The van der Waals surface area contributed by atoms with E-state index in [1.807, 2.05) is 18.3 Å². The first-order valence-corrected chi connectivity index (χ1v) is 10.3. The predicted molar refractivity (Wildman–Crippen MR) is 110 cm³/mol. The number of nitrogens with one attached hydrogen (secondary N) is 1. The summed E-state index contributed by atoms with van der Waals surface area (Å²) in [6.45, 7) is 5.26. The van der Waals surface area contributed by atoms with E-state index < -0.39 is 0 Å². The minimum absolute atomic E-state index is 0.0363. The second-order valence-corrected chi connectivity index (χ2v) is 8.04. The van der Waals surface area contributed by atoms with Gasteiger partial charge in [0.2, 0.25) is 5.91 Å². The number of primary amides is 1. The molecule has 1 amide bonds. The Morgan fingerprint density at radius 3 is 2.48 bits per heavy atom. The largest absolute Gasteiger partial charge is 0.377 e. The quantitative estimate of drug-likeness (QED) is 0.689. The summed E-state index contributed by atoms with van der Waals surface area (Å²) in [6.07, 6.45) is 8.87. The van der Waals surface area contributed by atoms with Crippen LogP contribution in [-0.4, -0.2) is 29.3 Å². The normalized spacial score (nSPS) is 28.6. The van der Waals surface area contributed by atoms with Crippen molar-refractivity contribution in [3.63, 3.8) is 0 Å². The maximum Gasteiger partial charge on any atom is 0.220 e. The van der Waals surface area contributed by atoms with Gasteiger partial charge in [-0.1, -0.05) is 35.8 Å². The fourth-order valence-corrected chi connectivity index (χ4v) is 4.49. The number of amides is 1.